The maximum absolute atomic E-state index is 12.5. The van der Waals surface area contributed by atoms with Crippen LogP contribution in [-0.4, -0.2) is 48.0 Å². The van der Waals surface area contributed by atoms with Crippen LogP contribution < -0.4 is 5.32 Å². The van der Waals surface area contributed by atoms with Gasteiger partial charge >= 0.3 is 0 Å². The molecule has 3 nitrogen and oxygen atoms in total. The van der Waals surface area contributed by atoms with Crippen molar-refractivity contribution < 1.29 is 4.79 Å². The van der Waals surface area contributed by atoms with Crippen molar-refractivity contribution in [1.29, 1.82) is 0 Å². The van der Waals surface area contributed by atoms with E-state index >= 15 is 0 Å². The number of benzene rings is 1. The number of carbonyl (C=O) groups is 1. The van der Waals surface area contributed by atoms with Crippen molar-refractivity contribution in [2.75, 3.05) is 31.1 Å². The summed E-state index contributed by atoms with van der Waals surface area (Å²) < 4.78 is 0.553. The molecule has 1 atom stereocenters. The zero-order valence-electron chi connectivity index (χ0n) is 12.1. The summed E-state index contributed by atoms with van der Waals surface area (Å²) in [4.78, 5) is 14.5. The van der Waals surface area contributed by atoms with Crippen molar-refractivity contribution in [2.24, 2.45) is 0 Å². The number of piperazine rings is 1. The minimum atomic E-state index is 0. The second-order valence-electron chi connectivity index (χ2n) is 5.25. The van der Waals surface area contributed by atoms with Gasteiger partial charge in [-0.25, -0.2) is 0 Å². The molecule has 1 unspecified atom stereocenters. The smallest absolute Gasteiger partial charge is 0.254 e. The fraction of sp³-hybridized carbons (Fsp3) is 0.533. The molecule has 2 saturated heterocycles. The topological polar surface area (TPSA) is 32.3 Å². The molecule has 2 heterocycles. The molecule has 0 spiro atoms. The van der Waals surface area contributed by atoms with Crippen LogP contribution in [0.15, 0.2) is 24.3 Å². The van der Waals surface area contributed by atoms with Crippen LogP contribution in [0.1, 0.15) is 27.4 Å². The second-order valence-corrected chi connectivity index (χ2v) is 7.97. The van der Waals surface area contributed by atoms with Gasteiger partial charge in [-0.15, -0.1) is 35.9 Å². The Labute approximate surface area is 141 Å². The molecule has 6 heteroatoms. The number of thioether (sulfide) groups is 2. The molecule has 0 aliphatic carbocycles. The number of halogens is 1. The van der Waals surface area contributed by atoms with Crippen LogP contribution in [0.2, 0.25) is 0 Å². The van der Waals surface area contributed by atoms with Gasteiger partial charge in [0.2, 0.25) is 0 Å². The second kappa shape index (κ2) is 7.77. The van der Waals surface area contributed by atoms with Gasteiger partial charge in [-0.3, -0.25) is 4.79 Å². The molecule has 2 aliphatic rings. The Kier molecular flexibility index (Phi) is 6.29. The monoisotopic (exact) mass is 344 g/mol. The number of amides is 1. The highest BCUT2D eigenvalue weighted by Gasteiger charge is 2.24. The Bertz CT molecular complexity index is 477. The van der Waals surface area contributed by atoms with Gasteiger partial charge in [-0.05, 0) is 24.6 Å². The van der Waals surface area contributed by atoms with Crippen molar-refractivity contribution in [3.63, 3.8) is 0 Å². The molecule has 0 aromatic heterocycles. The van der Waals surface area contributed by atoms with E-state index in [1.54, 1.807) is 0 Å². The maximum atomic E-state index is 12.5. The van der Waals surface area contributed by atoms with Gasteiger partial charge in [0.05, 0.1) is 4.58 Å². The molecule has 0 saturated carbocycles. The van der Waals surface area contributed by atoms with E-state index in [9.17, 15) is 4.79 Å². The predicted octanol–water partition coefficient (Wildman–Crippen LogP) is 3.02. The quantitative estimate of drug-likeness (QED) is 0.893. The first-order valence-electron chi connectivity index (χ1n) is 7.10. The van der Waals surface area contributed by atoms with Crippen LogP contribution in [0.5, 0.6) is 0 Å². The van der Waals surface area contributed by atoms with Crippen LogP contribution in [0, 0.1) is 0 Å². The molecular weight excluding hydrogens is 324 g/mol. The van der Waals surface area contributed by atoms with Crippen LogP contribution in [0.4, 0.5) is 0 Å². The van der Waals surface area contributed by atoms with Crippen LogP contribution >= 0.6 is 35.9 Å². The average molecular weight is 345 g/mol. The van der Waals surface area contributed by atoms with Crippen molar-refractivity contribution in [3.05, 3.63) is 35.4 Å². The van der Waals surface area contributed by atoms with E-state index in [4.69, 9.17) is 0 Å². The number of hydrogen-bond acceptors (Lipinski definition) is 4. The molecule has 1 N–H and O–H groups in total. The number of nitrogens with one attached hydrogen (secondary N) is 1. The lowest BCUT2D eigenvalue weighted by atomic mass is 10.1. The number of carbonyl (C=O) groups excluding carboxylic acids is 1. The Balaban J connectivity index is 0.00000161. The van der Waals surface area contributed by atoms with Gasteiger partial charge in [0, 0.05) is 42.7 Å². The fourth-order valence-electron chi connectivity index (χ4n) is 2.64. The summed E-state index contributed by atoms with van der Waals surface area (Å²) in [5, 5.41) is 3.32. The SMILES string of the molecule is CC1CNCCN1C(=O)c1ccc(C2SCCS2)cc1.Cl. The minimum Gasteiger partial charge on any atom is -0.333 e. The Morgan fingerprint density at radius 1 is 1.24 bits per heavy atom. The van der Waals surface area contributed by atoms with Crippen LogP contribution in [-0.2, 0) is 0 Å². The third kappa shape index (κ3) is 3.89. The van der Waals surface area contributed by atoms with Gasteiger partial charge < -0.3 is 10.2 Å². The summed E-state index contributed by atoms with van der Waals surface area (Å²) in [5.41, 5.74) is 2.15. The van der Waals surface area contributed by atoms with Gasteiger partial charge in [-0.2, -0.15) is 0 Å². The van der Waals surface area contributed by atoms with Gasteiger partial charge in [0.15, 0.2) is 0 Å². The molecule has 3 rings (SSSR count). The first-order valence-corrected chi connectivity index (χ1v) is 9.20. The summed E-state index contributed by atoms with van der Waals surface area (Å²) in [7, 11) is 0. The highest BCUT2D eigenvalue weighted by atomic mass is 35.5. The molecule has 21 heavy (non-hydrogen) atoms. The molecule has 1 aromatic rings. The molecular formula is C15H21ClN2OS2. The minimum absolute atomic E-state index is 0. The lowest BCUT2D eigenvalue weighted by molar-refractivity contribution is 0.0656. The summed E-state index contributed by atoms with van der Waals surface area (Å²) >= 11 is 4.00. The van der Waals surface area contributed by atoms with Gasteiger partial charge in [0.1, 0.15) is 0 Å². The highest BCUT2D eigenvalue weighted by molar-refractivity contribution is 8.19. The van der Waals surface area contributed by atoms with Gasteiger partial charge in [0.25, 0.3) is 5.91 Å². The molecule has 0 radical (unpaired) electrons. The largest absolute Gasteiger partial charge is 0.333 e. The zero-order chi connectivity index (χ0) is 13.9. The highest BCUT2D eigenvalue weighted by Crippen LogP contribution is 2.45. The zero-order valence-corrected chi connectivity index (χ0v) is 14.5. The van der Waals surface area contributed by atoms with E-state index in [0.29, 0.717) is 4.58 Å². The molecule has 2 fully saturated rings. The molecule has 2 aliphatic heterocycles. The number of nitrogens with zero attached hydrogens (tertiary/aromatic N) is 1. The van der Waals surface area contributed by atoms with Gasteiger partial charge in [-0.1, -0.05) is 12.1 Å². The fourth-order valence-corrected chi connectivity index (χ4v) is 5.50. The number of rotatable bonds is 2. The van der Waals surface area contributed by atoms with E-state index in [-0.39, 0.29) is 24.4 Å². The summed E-state index contributed by atoms with van der Waals surface area (Å²) in [6, 6.07) is 8.50. The Hall–Kier alpha value is -0.360. The average Bonchev–Trinajstić information content (AvgIpc) is 3.01. The van der Waals surface area contributed by atoms with Crippen LogP contribution in [0.25, 0.3) is 0 Å². The predicted molar refractivity (Wildman–Crippen MR) is 94.7 cm³/mol. The summed E-state index contributed by atoms with van der Waals surface area (Å²) in [6.07, 6.45) is 0. The van der Waals surface area contributed by atoms with Crippen molar-refractivity contribution in [2.45, 2.75) is 17.5 Å². The van der Waals surface area contributed by atoms with Crippen molar-refractivity contribution in [1.82, 2.24) is 10.2 Å². The Morgan fingerprint density at radius 2 is 1.90 bits per heavy atom. The lowest BCUT2D eigenvalue weighted by Crippen LogP contribution is -2.52. The molecule has 116 valence electrons. The van der Waals surface area contributed by atoms with Crippen molar-refractivity contribution in [3.8, 4) is 0 Å². The standard InChI is InChI=1S/C15H20N2OS2.ClH/c1-11-10-16-6-7-17(11)14(18)12-2-4-13(5-3-12)15-19-8-9-20-15;/h2-5,11,15-16H,6-10H2,1H3;1H. The maximum Gasteiger partial charge on any atom is 0.254 e. The summed E-state index contributed by atoms with van der Waals surface area (Å²) in [5.74, 6) is 2.63. The van der Waals surface area contributed by atoms with E-state index in [1.165, 1.54) is 17.1 Å². The van der Waals surface area contributed by atoms with E-state index in [1.807, 2.05) is 40.6 Å². The third-order valence-electron chi connectivity index (χ3n) is 3.81. The normalized spacial score (nSPS) is 22.9. The molecule has 1 aromatic carbocycles. The molecule has 0 bridgehead atoms. The first kappa shape index (κ1) is 17.0. The van der Waals surface area contributed by atoms with Crippen LogP contribution in [0.3, 0.4) is 0 Å². The molecule has 1 amide bonds. The number of hydrogen-bond donors (Lipinski definition) is 1. The summed E-state index contributed by atoms with van der Waals surface area (Å²) in [6.45, 7) is 4.68. The van der Waals surface area contributed by atoms with E-state index < -0.39 is 0 Å². The lowest BCUT2D eigenvalue weighted by Gasteiger charge is -2.34. The first-order chi connectivity index (χ1) is 9.75. The van der Waals surface area contributed by atoms with Crippen molar-refractivity contribution >= 4 is 41.8 Å². The van der Waals surface area contributed by atoms with E-state index in [2.05, 4.69) is 24.4 Å². The Morgan fingerprint density at radius 3 is 2.52 bits per heavy atom. The van der Waals surface area contributed by atoms with E-state index in [0.717, 1.165) is 25.2 Å². The third-order valence-corrected chi connectivity index (χ3v) is 6.92.